The van der Waals surface area contributed by atoms with Gasteiger partial charge in [0.2, 0.25) is 0 Å². The molecule has 4 aliphatic rings. The van der Waals surface area contributed by atoms with E-state index >= 15 is 0 Å². The first-order valence-electron chi connectivity index (χ1n) is 11.9. The standard InChI is InChI=1S/C25H33FN2O3/c26-25(9-4-10-25)23(30)27-13-11-24(12-14-27)15-21(17-31-16-19-7-8-19)28(18-24)22(29)20-5-2-1-3-6-20/h1-3,5-6,19,21H,4,7-18H2/t21-/m1/s1. The van der Waals surface area contributed by atoms with E-state index in [1.54, 1.807) is 4.90 Å². The van der Waals surface area contributed by atoms with Gasteiger partial charge < -0.3 is 14.5 Å². The van der Waals surface area contributed by atoms with Crippen molar-refractivity contribution >= 4 is 11.8 Å². The molecular weight excluding hydrogens is 395 g/mol. The third-order valence-corrected chi connectivity index (χ3v) is 7.90. The number of benzene rings is 1. The summed E-state index contributed by atoms with van der Waals surface area (Å²) in [7, 11) is 0. The Morgan fingerprint density at radius 1 is 1.03 bits per heavy atom. The molecule has 1 atom stereocenters. The van der Waals surface area contributed by atoms with Crippen LogP contribution in [0.15, 0.2) is 30.3 Å². The second-order valence-corrected chi connectivity index (χ2v) is 10.2. The van der Waals surface area contributed by atoms with Crippen LogP contribution in [0.2, 0.25) is 0 Å². The zero-order valence-corrected chi connectivity index (χ0v) is 18.2. The maximum absolute atomic E-state index is 14.6. The molecule has 0 radical (unpaired) electrons. The van der Waals surface area contributed by atoms with E-state index in [9.17, 15) is 14.0 Å². The summed E-state index contributed by atoms with van der Waals surface area (Å²) in [6.07, 6.45) is 6.60. The third kappa shape index (κ3) is 4.23. The number of alkyl halides is 1. The van der Waals surface area contributed by atoms with Crippen LogP contribution in [0, 0.1) is 11.3 Å². The van der Waals surface area contributed by atoms with E-state index in [4.69, 9.17) is 4.74 Å². The van der Waals surface area contributed by atoms with E-state index in [2.05, 4.69) is 0 Å². The topological polar surface area (TPSA) is 49.9 Å². The fourth-order valence-electron chi connectivity index (χ4n) is 5.48. The molecule has 0 bridgehead atoms. The number of piperidine rings is 1. The Kier molecular flexibility index (Phi) is 5.53. The van der Waals surface area contributed by atoms with Crippen LogP contribution in [0.25, 0.3) is 0 Å². The Balaban J connectivity index is 1.26. The zero-order valence-electron chi connectivity index (χ0n) is 18.2. The highest BCUT2D eigenvalue weighted by Gasteiger charge is 2.51. The summed E-state index contributed by atoms with van der Waals surface area (Å²) in [6, 6.07) is 9.52. The minimum Gasteiger partial charge on any atom is -0.379 e. The lowest BCUT2D eigenvalue weighted by molar-refractivity contribution is -0.152. The molecule has 168 valence electrons. The summed E-state index contributed by atoms with van der Waals surface area (Å²) in [5.41, 5.74) is -0.907. The summed E-state index contributed by atoms with van der Waals surface area (Å²) in [5, 5.41) is 0. The molecule has 2 amide bonds. The number of amides is 2. The Morgan fingerprint density at radius 2 is 1.74 bits per heavy atom. The van der Waals surface area contributed by atoms with Gasteiger partial charge in [0.1, 0.15) is 0 Å². The maximum Gasteiger partial charge on any atom is 0.260 e. The van der Waals surface area contributed by atoms with Crippen LogP contribution in [-0.4, -0.2) is 66.2 Å². The second kappa shape index (κ2) is 8.19. The zero-order chi connectivity index (χ0) is 21.5. The van der Waals surface area contributed by atoms with Crippen molar-refractivity contribution in [2.24, 2.45) is 11.3 Å². The van der Waals surface area contributed by atoms with Gasteiger partial charge in [0.05, 0.1) is 12.6 Å². The largest absolute Gasteiger partial charge is 0.379 e. The van der Waals surface area contributed by atoms with Gasteiger partial charge in [-0.3, -0.25) is 9.59 Å². The number of likely N-dealkylation sites (tertiary alicyclic amines) is 2. The number of carbonyl (C=O) groups is 2. The van der Waals surface area contributed by atoms with Crippen LogP contribution >= 0.6 is 0 Å². The highest BCUT2D eigenvalue weighted by Crippen LogP contribution is 2.45. The number of hydrogen-bond acceptors (Lipinski definition) is 3. The van der Waals surface area contributed by atoms with Crippen molar-refractivity contribution in [1.29, 1.82) is 0 Å². The third-order valence-electron chi connectivity index (χ3n) is 7.90. The van der Waals surface area contributed by atoms with E-state index in [1.165, 1.54) is 12.8 Å². The van der Waals surface area contributed by atoms with Gasteiger partial charge in [-0.1, -0.05) is 18.2 Å². The van der Waals surface area contributed by atoms with Gasteiger partial charge in [0.15, 0.2) is 5.67 Å². The Morgan fingerprint density at radius 3 is 2.35 bits per heavy atom. The maximum atomic E-state index is 14.6. The number of hydrogen-bond donors (Lipinski definition) is 0. The molecule has 1 spiro atoms. The Labute approximate surface area is 183 Å². The molecule has 5 rings (SSSR count). The van der Waals surface area contributed by atoms with Gasteiger partial charge in [-0.05, 0) is 74.8 Å². The first-order valence-corrected chi connectivity index (χ1v) is 11.9. The van der Waals surface area contributed by atoms with Crippen molar-refractivity contribution in [1.82, 2.24) is 9.80 Å². The summed E-state index contributed by atoms with van der Waals surface area (Å²) in [5.74, 6) is 0.448. The minimum absolute atomic E-state index is 0.00207. The van der Waals surface area contributed by atoms with Gasteiger partial charge in [-0.15, -0.1) is 0 Å². The summed E-state index contributed by atoms with van der Waals surface area (Å²) < 4.78 is 20.6. The minimum atomic E-state index is -1.62. The van der Waals surface area contributed by atoms with Crippen molar-refractivity contribution in [3.8, 4) is 0 Å². The number of rotatable bonds is 6. The second-order valence-electron chi connectivity index (χ2n) is 10.2. The van der Waals surface area contributed by atoms with Crippen LogP contribution in [0.3, 0.4) is 0 Å². The molecule has 2 aliphatic heterocycles. The monoisotopic (exact) mass is 428 g/mol. The molecule has 4 fully saturated rings. The molecule has 1 aromatic rings. The molecule has 2 saturated heterocycles. The first kappa shape index (κ1) is 20.9. The number of ether oxygens (including phenoxy) is 1. The van der Waals surface area contributed by atoms with Crippen molar-refractivity contribution in [2.75, 3.05) is 32.8 Å². The van der Waals surface area contributed by atoms with Crippen molar-refractivity contribution in [2.45, 2.75) is 63.1 Å². The molecule has 2 saturated carbocycles. The first-order chi connectivity index (χ1) is 15.0. The lowest BCUT2D eigenvalue weighted by atomic mass is 9.75. The molecule has 2 aliphatic carbocycles. The molecule has 0 N–H and O–H groups in total. The van der Waals surface area contributed by atoms with E-state index in [0.29, 0.717) is 50.6 Å². The van der Waals surface area contributed by atoms with Crippen molar-refractivity contribution < 1.29 is 18.7 Å². The van der Waals surface area contributed by atoms with Crippen LogP contribution < -0.4 is 0 Å². The number of carbonyl (C=O) groups excluding carboxylic acids is 2. The van der Waals surface area contributed by atoms with Crippen LogP contribution in [0.4, 0.5) is 4.39 Å². The van der Waals surface area contributed by atoms with E-state index in [1.807, 2.05) is 35.2 Å². The van der Waals surface area contributed by atoms with Crippen molar-refractivity contribution in [3.63, 3.8) is 0 Å². The summed E-state index contributed by atoms with van der Waals surface area (Å²) in [6.45, 7) is 3.24. The van der Waals surface area contributed by atoms with E-state index in [-0.39, 0.29) is 23.3 Å². The van der Waals surface area contributed by atoms with Crippen LogP contribution in [0.5, 0.6) is 0 Å². The highest BCUT2D eigenvalue weighted by molar-refractivity contribution is 5.94. The molecule has 0 aromatic heterocycles. The van der Waals surface area contributed by atoms with Gasteiger partial charge in [-0.2, -0.15) is 0 Å². The van der Waals surface area contributed by atoms with Gasteiger partial charge >= 0.3 is 0 Å². The predicted octanol–water partition coefficient (Wildman–Crippen LogP) is 3.83. The molecule has 6 heteroatoms. The SMILES string of the molecule is O=C(c1ccccc1)N1CC2(CCN(C(=O)C3(F)CCC3)CC2)C[C@@H]1COCC1CC1. The molecule has 1 aromatic carbocycles. The molecule has 5 nitrogen and oxygen atoms in total. The summed E-state index contributed by atoms with van der Waals surface area (Å²) in [4.78, 5) is 29.6. The Hall–Kier alpha value is -1.95. The van der Waals surface area contributed by atoms with E-state index in [0.717, 1.165) is 32.3 Å². The fraction of sp³-hybridized carbons (Fsp3) is 0.680. The summed E-state index contributed by atoms with van der Waals surface area (Å²) >= 11 is 0. The van der Waals surface area contributed by atoms with Crippen LogP contribution in [-0.2, 0) is 9.53 Å². The average molecular weight is 429 g/mol. The van der Waals surface area contributed by atoms with E-state index < -0.39 is 5.67 Å². The van der Waals surface area contributed by atoms with Gasteiger partial charge in [0.25, 0.3) is 11.8 Å². The molecule has 2 heterocycles. The molecule has 0 unspecified atom stereocenters. The normalized spacial score (nSPS) is 26.7. The molecule has 31 heavy (non-hydrogen) atoms. The number of halogens is 1. The highest BCUT2D eigenvalue weighted by atomic mass is 19.1. The van der Waals surface area contributed by atoms with Gasteiger partial charge in [-0.25, -0.2) is 4.39 Å². The molecular formula is C25H33FN2O3. The quantitative estimate of drug-likeness (QED) is 0.692. The predicted molar refractivity (Wildman–Crippen MR) is 115 cm³/mol. The average Bonchev–Trinajstić information content (AvgIpc) is 3.53. The van der Waals surface area contributed by atoms with Crippen LogP contribution in [0.1, 0.15) is 61.7 Å². The lowest BCUT2D eigenvalue weighted by Gasteiger charge is -2.43. The lowest BCUT2D eigenvalue weighted by Crippen LogP contribution is -2.54. The smallest absolute Gasteiger partial charge is 0.260 e. The van der Waals surface area contributed by atoms with Gasteiger partial charge in [0, 0.05) is 31.8 Å². The van der Waals surface area contributed by atoms with Crippen molar-refractivity contribution in [3.05, 3.63) is 35.9 Å². The number of nitrogens with zero attached hydrogens (tertiary/aromatic N) is 2. The Bertz CT molecular complexity index is 813. The fourth-order valence-corrected chi connectivity index (χ4v) is 5.48.